The maximum atomic E-state index is 8.91. The Hall–Kier alpha value is -0.380. The highest BCUT2D eigenvalue weighted by Gasteiger charge is 2.34. The highest BCUT2D eigenvalue weighted by molar-refractivity contribution is 4.87. The minimum atomic E-state index is -0.715. The highest BCUT2D eigenvalue weighted by atomic mass is 17.1. The monoisotopic (exact) mass is 214 g/mol. The molecule has 1 N–H and O–H groups in total. The van der Waals surface area contributed by atoms with Crippen LogP contribution < -0.4 is 0 Å². The zero-order valence-corrected chi connectivity index (χ0v) is 9.63. The number of hydrogen-bond acceptors (Lipinski definition) is 3. The van der Waals surface area contributed by atoms with Crippen LogP contribution in [0.3, 0.4) is 0 Å². The molecular weight excluding hydrogens is 192 g/mol. The molecule has 0 heterocycles. The maximum Gasteiger partial charge on any atom is 0.201 e. The molecule has 15 heavy (non-hydrogen) atoms. The van der Waals surface area contributed by atoms with Gasteiger partial charge in [0.2, 0.25) is 5.79 Å². The quantitative estimate of drug-likeness (QED) is 0.242. The van der Waals surface area contributed by atoms with Gasteiger partial charge in [-0.05, 0) is 32.6 Å². The van der Waals surface area contributed by atoms with Gasteiger partial charge >= 0.3 is 0 Å². The molecule has 1 aliphatic carbocycles. The number of allylic oxidation sites excluding steroid dienone is 1. The Labute approximate surface area is 92.0 Å². The molecule has 3 heteroatoms. The van der Waals surface area contributed by atoms with E-state index in [0.29, 0.717) is 6.61 Å². The molecule has 0 unspecified atom stereocenters. The van der Waals surface area contributed by atoms with Crippen LogP contribution in [0, 0.1) is 0 Å². The van der Waals surface area contributed by atoms with Gasteiger partial charge in [0.1, 0.15) is 0 Å². The van der Waals surface area contributed by atoms with E-state index in [2.05, 4.69) is 11.5 Å². The Morgan fingerprint density at radius 1 is 1.33 bits per heavy atom. The van der Waals surface area contributed by atoms with Crippen LogP contribution in [0.2, 0.25) is 0 Å². The van der Waals surface area contributed by atoms with Crippen molar-refractivity contribution in [1.82, 2.24) is 0 Å². The summed E-state index contributed by atoms with van der Waals surface area (Å²) in [4.78, 5) is 4.54. The van der Waals surface area contributed by atoms with Crippen molar-refractivity contribution in [3.05, 3.63) is 12.2 Å². The van der Waals surface area contributed by atoms with E-state index in [9.17, 15) is 0 Å². The van der Waals surface area contributed by atoms with Gasteiger partial charge in [0.15, 0.2) is 0 Å². The van der Waals surface area contributed by atoms with Gasteiger partial charge in [-0.1, -0.05) is 12.0 Å². The fraction of sp³-hybridized carbons (Fsp3) is 0.833. The van der Waals surface area contributed by atoms with Crippen molar-refractivity contribution in [2.24, 2.45) is 0 Å². The lowest BCUT2D eigenvalue weighted by molar-refractivity contribution is -0.411. The molecule has 88 valence electrons. The van der Waals surface area contributed by atoms with Crippen molar-refractivity contribution < 1.29 is 14.9 Å². The molecule has 0 atom stereocenters. The van der Waals surface area contributed by atoms with Crippen LogP contribution in [0.25, 0.3) is 0 Å². The first-order chi connectivity index (χ1) is 7.18. The molecule has 0 aliphatic heterocycles. The third kappa shape index (κ3) is 4.33. The SMILES string of the molecule is C=C(C)CCCOC1(OO)CCCCC1. The summed E-state index contributed by atoms with van der Waals surface area (Å²) in [5, 5.41) is 8.91. The molecule has 1 rings (SSSR count). The Balaban J connectivity index is 2.23. The molecule has 0 aromatic carbocycles. The number of ether oxygens (including phenoxy) is 1. The first-order valence-electron chi connectivity index (χ1n) is 5.79. The van der Waals surface area contributed by atoms with Gasteiger partial charge in [-0.2, -0.15) is 0 Å². The van der Waals surface area contributed by atoms with E-state index in [1.807, 2.05) is 6.92 Å². The Morgan fingerprint density at radius 3 is 2.53 bits per heavy atom. The molecular formula is C12H22O3. The maximum absolute atomic E-state index is 8.91. The zero-order chi connectivity index (χ0) is 11.1. The van der Waals surface area contributed by atoms with Crippen molar-refractivity contribution in [3.63, 3.8) is 0 Å². The first kappa shape index (κ1) is 12.7. The van der Waals surface area contributed by atoms with Gasteiger partial charge in [0, 0.05) is 12.8 Å². The molecule has 1 fully saturated rings. The summed E-state index contributed by atoms with van der Waals surface area (Å²) >= 11 is 0. The van der Waals surface area contributed by atoms with E-state index in [4.69, 9.17) is 9.99 Å². The molecule has 0 spiro atoms. The molecule has 0 amide bonds. The van der Waals surface area contributed by atoms with Gasteiger partial charge in [-0.25, -0.2) is 10.1 Å². The Morgan fingerprint density at radius 2 is 2.00 bits per heavy atom. The molecule has 1 saturated carbocycles. The second-order valence-electron chi connectivity index (χ2n) is 4.47. The zero-order valence-electron chi connectivity index (χ0n) is 9.63. The van der Waals surface area contributed by atoms with Crippen LogP contribution in [-0.4, -0.2) is 17.7 Å². The summed E-state index contributed by atoms with van der Waals surface area (Å²) in [6.45, 7) is 6.49. The number of rotatable bonds is 6. The summed E-state index contributed by atoms with van der Waals surface area (Å²) in [5.41, 5.74) is 1.17. The normalized spacial score (nSPS) is 20.1. The van der Waals surface area contributed by atoms with E-state index in [-0.39, 0.29) is 0 Å². The average molecular weight is 214 g/mol. The van der Waals surface area contributed by atoms with Crippen LogP contribution in [-0.2, 0) is 9.62 Å². The summed E-state index contributed by atoms with van der Waals surface area (Å²) in [7, 11) is 0. The lowest BCUT2D eigenvalue weighted by atomic mass is 9.94. The second kappa shape index (κ2) is 6.26. The first-order valence-corrected chi connectivity index (χ1v) is 5.79. The Kier molecular flexibility index (Phi) is 5.29. The van der Waals surface area contributed by atoms with Crippen molar-refractivity contribution in [3.8, 4) is 0 Å². The van der Waals surface area contributed by atoms with Crippen LogP contribution in [0.4, 0.5) is 0 Å². The Bertz CT molecular complexity index is 195. The standard InChI is InChI=1S/C12H22O3/c1-11(2)7-6-10-14-12(15-13)8-4-3-5-9-12/h13H,1,3-10H2,2H3. The molecule has 0 saturated heterocycles. The van der Waals surface area contributed by atoms with Crippen LogP contribution >= 0.6 is 0 Å². The molecule has 0 bridgehead atoms. The van der Waals surface area contributed by atoms with Crippen molar-refractivity contribution in [2.45, 2.75) is 57.7 Å². The van der Waals surface area contributed by atoms with Crippen LogP contribution in [0.1, 0.15) is 51.9 Å². The average Bonchev–Trinajstić information content (AvgIpc) is 2.26. The molecule has 3 nitrogen and oxygen atoms in total. The van der Waals surface area contributed by atoms with Crippen LogP contribution in [0.5, 0.6) is 0 Å². The largest absolute Gasteiger partial charge is 0.347 e. The number of hydrogen-bond donors (Lipinski definition) is 1. The van der Waals surface area contributed by atoms with Gasteiger partial charge in [0.05, 0.1) is 6.61 Å². The fourth-order valence-electron chi connectivity index (χ4n) is 1.98. The second-order valence-corrected chi connectivity index (χ2v) is 4.47. The predicted molar refractivity (Wildman–Crippen MR) is 59.5 cm³/mol. The minimum Gasteiger partial charge on any atom is -0.347 e. The molecule has 0 aromatic rings. The molecule has 0 radical (unpaired) electrons. The third-order valence-corrected chi connectivity index (χ3v) is 2.89. The summed E-state index contributed by atoms with van der Waals surface area (Å²) in [5.74, 6) is -0.715. The summed E-state index contributed by atoms with van der Waals surface area (Å²) in [6, 6.07) is 0. The van der Waals surface area contributed by atoms with Crippen molar-refractivity contribution in [2.75, 3.05) is 6.61 Å². The van der Waals surface area contributed by atoms with E-state index in [1.54, 1.807) is 0 Å². The van der Waals surface area contributed by atoms with Gasteiger partial charge in [-0.3, -0.25) is 0 Å². The van der Waals surface area contributed by atoms with E-state index in [1.165, 1.54) is 12.0 Å². The summed E-state index contributed by atoms with van der Waals surface area (Å²) in [6.07, 6.45) is 6.87. The van der Waals surface area contributed by atoms with E-state index in [0.717, 1.165) is 38.5 Å². The van der Waals surface area contributed by atoms with E-state index < -0.39 is 5.79 Å². The third-order valence-electron chi connectivity index (χ3n) is 2.89. The predicted octanol–water partition coefficient (Wildman–Crippen LogP) is 3.51. The highest BCUT2D eigenvalue weighted by Crippen LogP contribution is 2.32. The van der Waals surface area contributed by atoms with Gasteiger partial charge in [-0.15, -0.1) is 6.58 Å². The summed E-state index contributed by atoms with van der Waals surface area (Å²) < 4.78 is 5.66. The van der Waals surface area contributed by atoms with Crippen LogP contribution in [0.15, 0.2) is 12.2 Å². The molecule has 0 aromatic heterocycles. The topological polar surface area (TPSA) is 38.7 Å². The van der Waals surface area contributed by atoms with Gasteiger partial charge < -0.3 is 4.74 Å². The van der Waals surface area contributed by atoms with E-state index >= 15 is 0 Å². The van der Waals surface area contributed by atoms with Crippen molar-refractivity contribution in [1.29, 1.82) is 0 Å². The lowest BCUT2D eigenvalue weighted by Gasteiger charge is -2.33. The smallest absolute Gasteiger partial charge is 0.201 e. The van der Waals surface area contributed by atoms with Gasteiger partial charge in [0.25, 0.3) is 0 Å². The molecule has 1 aliphatic rings. The minimum absolute atomic E-state index is 0.632. The van der Waals surface area contributed by atoms with Crippen molar-refractivity contribution >= 4 is 0 Å². The lowest BCUT2D eigenvalue weighted by Crippen LogP contribution is -2.37. The fourth-order valence-corrected chi connectivity index (χ4v) is 1.98.